The van der Waals surface area contributed by atoms with E-state index in [9.17, 15) is 0 Å². The van der Waals surface area contributed by atoms with Crippen molar-refractivity contribution in [1.82, 2.24) is 0 Å². The van der Waals surface area contributed by atoms with Crippen molar-refractivity contribution in [3.05, 3.63) is 35.9 Å². The second kappa shape index (κ2) is 22.9. The lowest BCUT2D eigenvalue weighted by Gasteiger charge is -2.26. The van der Waals surface area contributed by atoms with Gasteiger partial charge in [0.1, 0.15) is 6.04 Å². The number of unbranched alkanes of at least 4 members (excludes halogenated alkanes) is 18. The Kier molecular flexibility index (Phi) is 21.0. The van der Waals surface area contributed by atoms with Gasteiger partial charge < -0.3 is 4.90 Å². The van der Waals surface area contributed by atoms with Crippen LogP contribution in [0.4, 0.5) is 0 Å². The Bertz CT molecular complexity index is 472. The molecular formula is C32H60N+. The molecule has 0 radical (unpaired) electrons. The Balaban J connectivity index is 2.21. The summed E-state index contributed by atoms with van der Waals surface area (Å²) >= 11 is 0. The molecule has 0 aliphatic rings. The van der Waals surface area contributed by atoms with Gasteiger partial charge in [-0.2, -0.15) is 0 Å². The average molecular weight is 459 g/mol. The first kappa shape index (κ1) is 30.2. The van der Waals surface area contributed by atoms with Crippen LogP contribution in [0.2, 0.25) is 0 Å². The molecule has 0 aromatic heterocycles. The van der Waals surface area contributed by atoms with Crippen molar-refractivity contribution in [2.45, 2.75) is 155 Å². The smallest absolute Gasteiger partial charge is 0.110 e. The normalized spacial score (nSPS) is 12.5. The molecule has 0 spiro atoms. The highest BCUT2D eigenvalue weighted by molar-refractivity contribution is 5.16. The van der Waals surface area contributed by atoms with Gasteiger partial charge in [0.25, 0.3) is 0 Å². The molecule has 1 rings (SSSR count). The summed E-state index contributed by atoms with van der Waals surface area (Å²) in [4.78, 5) is 1.82. The SMILES string of the molecule is CCCCCCCCCCCC[NH+](CCCCCCCCCCCC)C(C)c1ccccc1. The minimum Gasteiger partial charge on any atom is -0.329 e. The summed E-state index contributed by atoms with van der Waals surface area (Å²) in [5, 5.41) is 0. The summed E-state index contributed by atoms with van der Waals surface area (Å²) in [7, 11) is 0. The lowest BCUT2D eigenvalue weighted by atomic mass is 10.0. The van der Waals surface area contributed by atoms with E-state index in [0.717, 1.165) is 0 Å². The fourth-order valence-electron chi connectivity index (χ4n) is 5.21. The molecule has 0 fully saturated rings. The molecule has 1 aromatic rings. The van der Waals surface area contributed by atoms with E-state index in [-0.39, 0.29) is 0 Å². The zero-order valence-electron chi connectivity index (χ0n) is 23.0. The van der Waals surface area contributed by atoms with Gasteiger partial charge in [-0.3, -0.25) is 0 Å². The lowest BCUT2D eigenvalue weighted by Crippen LogP contribution is -3.12. The van der Waals surface area contributed by atoms with Crippen LogP contribution in [0.15, 0.2) is 30.3 Å². The predicted octanol–water partition coefficient (Wildman–Crippen LogP) is 9.47. The van der Waals surface area contributed by atoms with Crippen molar-refractivity contribution in [3.63, 3.8) is 0 Å². The zero-order valence-corrected chi connectivity index (χ0v) is 23.0. The number of hydrogen-bond acceptors (Lipinski definition) is 0. The van der Waals surface area contributed by atoms with E-state index in [1.54, 1.807) is 0 Å². The van der Waals surface area contributed by atoms with E-state index in [2.05, 4.69) is 51.1 Å². The Labute approximate surface area is 209 Å². The van der Waals surface area contributed by atoms with Crippen molar-refractivity contribution < 1.29 is 4.90 Å². The highest BCUT2D eigenvalue weighted by Crippen LogP contribution is 2.13. The molecule has 0 amide bonds. The van der Waals surface area contributed by atoms with Crippen LogP contribution in [0.5, 0.6) is 0 Å². The maximum Gasteiger partial charge on any atom is 0.110 e. The Morgan fingerprint density at radius 3 is 1.18 bits per heavy atom. The molecule has 1 atom stereocenters. The summed E-state index contributed by atoms with van der Waals surface area (Å²) in [5.74, 6) is 0. The summed E-state index contributed by atoms with van der Waals surface area (Å²) in [6, 6.07) is 11.9. The van der Waals surface area contributed by atoms with Crippen molar-refractivity contribution in [3.8, 4) is 0 Å². The minimum absolute atomic E-state index is 0.628. The van der Waals surface area contributed by atoms with Crippen LogP contribution in [0.1, 0.15) is 161 Å². The Morgan fingerprint density at radius 2 is 0.818 bits per heavy atom. The molecular weight excluding hydrogens is 398 g/mol. The number of nitrogens with one attached hydrogen (secondary N) is 1. The molecule has 1 unspecified atom stereocenters. The maximum atomic E-state index is 2.46. The molecule has 192 valence electrons. The highest BCUT2D eigenvalue weighted by atomic mass is 15.1. The van der Waals surface area contributed by atoms with Gasteiger partial charge in [-0.1, -0.05) is 147 Å². The summed E-state index contributed by atoms with van der Waals surface area (Å²) in [6.07, 6.45) is 28.7. The molecule has 0 heterocycles. The number of rotatable bonds is 24. The molecule has 1 heteroatoms. The molecule has 0 saturated carbocycles. The van der Waals surface area contributed by atoms with Gasteiger partial charge in [0.2, 0.25) is 0 Å². The molecule has 1 nitrogen and oxygen atoms in total. The highest BCUT2D eigenvalue weighted by Gasteiger charge is 2.18. The van der Waals surface area contributed by atoms with Crippen LogP contribution in [0.3, 0.4) is 0 Å². The largest absolute Gasteiger partial charge is 0.329 e. The van der Waals surface area contributed by atoms with E-state index in [4.69, 9.17) is 0 Å². The topological polar surface area (TPSA) is 4.44 Å². The third-order valence-corrected chi connectivity index (χ3v) is 7.61. The fourth-order valence-corrected chi connectivity index (χ4v) is 5.21. The fraction of sp³-hybridized carbons (Fsp3) is 0.812. The summed E-state index contributed by atoms with van der Waals surface area (Å²) in [6.45, 7) is 9.77. The molecule has 1 aromatic carbocycles. The minimum atomic E-state index is 0.628. The molecule has 0 aliphatic heterocycles. The van der Waals surface area contributed by atoms with Crippen molar-refractivity contribution >= 4 is 0 Å². The van der Waals surface area contributed by atoms with E-state index in [0.29, 0.717) is 6.04 Å². The third-order valence-electron chi connectivity index (χ3n) is 7.61. The lowest BCUT2D eigenvalue weighted by molar-refractivity contribution is -0.930. The first-order valence-corrected chi connectivity index (χ1v) is 15.2. The average Bonchev–Trinajstić information content (AvgIpc) is 2.85. The molecule has 0 aliphatic carbocycles. The van der Waals surface area contributed by atoms with E-state index >= 15 is 0 Å². The molecule has 33 heavy (non-hydrogen) atoms. The van der Waals surface area contributed by atoms with Gasteiger partial charge in [0.05, 0.1) is 13.1 Å². The second-order valence-electron chi connectivity index (χ2n) is 10.7. The van der Waals surface area contributed by atoms with Crippen molar-refractivity contribution in [2.24, 2.45) is 0 Å². The number of hydrogen-bond donors (Lipinski definition) is 1. The Hall–Kier alpha value is -0.820. The van der Waals surface area contributed by atoms with Crippen LogP contribution in [0.25, 0.3) is 0 Å². The van der Waals surface area contributed by atoms with E-state index < -0.39 is 0 Å². The predicted molar refractivity (Wildman–Crippen MR) is 149 cm³/mol. The number of quaternary nitrogens is 1. The summed E-state index contributed by atoms with van der Waals surface area (Å²) < 4.78 is 0. The number of benzene rings is 1. The molecule has 1 N–H and O–H groups in total. The summed E-state index contributed by atoms with van der Waals surface area (Å²) in [5.41, 5.74) is 1.52. The quantitative estimate of drug-likeness (QED) is 0.147. The van der Waals surface area contributed by atoms with Crippen LogP contribution >= 0.6 is 0 Å². The second-order valence-corrected chi connectivity index (χ2v) is 10.7. The maximum absolute atomic E-state index is 2.46. The van der Waals surface area contributed by atoms with Crippen LogP contribution in [0, 0.1) is 0 Å². The van der Waals surface area contributed by atoms with Crippen molar-refractivity contribution in [2.75, 3.05) is 13.1 Å². The van der Waals surface area contributed by atoms with Gasteiger partial charge in [0, 0.05) is 5.56 Å². The van der Waals surface area contributed by atoms with Gasteiger partial charge in [-0.05, 0) is 32.6 Å². The van der Waals surface area contributed by atoms with Crippen molar-refractivity contribution in [1.29, 1.82) is 0 Å². The van der Waals surface area contributed by atoms with Crippen LogP contribution < -0.4 is 4.90 Å². The standard InChI is InChI=1S/C32H59N/c1-4-6-8-10-12-14-16-18-20-25-29-33(31(3)32-27-23-22-24-28-32)30-26-21-19-17-15-13-11-9-7-5-2/h22-24,27-28,31H,4-21,25-26,29-30H2,1-3H3/p+1. The van der Waals surface area contributed by atoms with Gasteiger partial charge in [-0.15, -0.1) is 0 Å². The van der Waals surface area contributed by atoms with Gasteiger partial charge in [0.15, 0.2) is 0 Å². The molecule has 0 saturated heterocycles. The van der Waals surface area contributed by atoms with E-state index in [1.807, 2.05) is 4.90 Å². The van der Waals surface area contributed by atoms with E-state index in [1.165, 1.54) is 147 Å². The first-order chi connectivity index (χ1) is 16.3. The monoisotopic (exact) mass is 458 g/mol. The van der Waals surface area contributed by atoms with Crippen LogP contribution in [-0.2, 0) is 0 Å². The first-order valence-electron chi connectivity index (χ1n) is 15.2. The third kappa shape index (κ3) is 17.3. The van der Waals surface area contributed by atoms with Gasteiger partial charge >= 0.3 is 0 Å². The molecule has 0 bridgehead atoms. The Morgan fingerprint density at radius 1 is 0.485 bits per heavy atom. The van der Waals surface area contributed by atoms with Gasteiger partial charge in [-0.25, -0.2) is 0 Å². The van der Waals surface area contributed by atoms with Crippen LogP contribution in [-0.4, -0.2) is 13.1 Å². The zero-order chi connectivity index (χ0) is 23.8.